The van der Waals surface area contributed by atoms with Gasteiger partial charge < -0.3 is 26.2 Å². The average Bonchev–Trinajstić information content (AvgIpc) is 3.05. The molecule has 2 bridgehead atoms. The van der Waals surface area contributed by atoms with Gasteiger partial charge in [-0.2, -0.15) is 0 Å². The lowest BCUT2D eigenvalue weighted by atomic mass is 9.49. The fraction of sp³-hybridized carbons (Fsp3) is 0.342. The lowest BCUT2D eigenvalue weighted by Gasteiger charge is -2.63. The molecule has 2 aliphatic carbocycles. The van der Waals surface area contributed by atoms with E-state index in [9.17, 15) is 24.6 Å². The van der Waals surface area contributed by atoms with Crippen molar-refractivity contribution in [3.05, 3.63) is 119 Å². The molecule has 2 heterocycles. The molecule has 2 amide bonds. The second-order valence-electron chi connectivity index (χ2n) is 13.3. The molecule has 1 saturated carbocycles. The molecule has 3 atom stereocenters. The van der Waals surface area contributed by atoms with E-state index in [-0.39, 0.29) is 35.5 Å². The number of rotatable bonds is 8. The predicted octanol–water partition coefficient (Wildman–Crippen LogP) is 3.49. The highest BCUT2D eigenvalue weighted by atomic mass is 16.3. The summed E-state index contributed by atoms with van der Waals surface area (Å²) in [6, 6.07) is 21.3. The van der Waals surface area contributed by atoms with Gasteiger partial charge in [-0.05, 0) is 67.0 Å². The quantitative estimate of drug-likeness (QED) is 0.257. The maximum atomic E-state index is 13.4. The predicted molar refractivity (Wildman–Crippen MR) is 178 cm³/mol. The van der Waals surface area contributed by atoms with Gasteiger partial charge >= 0.3 is 0 Å². The van der Waals surface area contributed by atoms with Gasteiger partial charge in [0.15, 0.2) is 0 Å². The third-order valence-corrected chi connectivity index (χ3v) is 10.7. The fourth-order valence-corrected chi connectivity index (χ4v) is 8.32. The number of nitrogens with zero attached hydrogens (tertiary/aromatic N) is 1. The molecular weight excluding hydrogens is 592 g/mol. The summed E-state index contributed by atoms with van der Waals surface area (Å²) in [5, 5.41) is 32.7. The van der Waals surface area contributed by atoms with E-state index in [4.69, 9.17) is 0 Å². The Morgan fingerprint density at radius 2 is 1.77 bits per heavy atom. The summed E-state index contributed by atoms with van der Waals surface area (Å²) in [5.41, 5.74) is 3.01. The number of benzene rings is 3. The van der Waals surface area contributed by atoms with Crippen LogP contribution in [0.25, 0.3) is 5.57 Å². The number of fused-ring (bicyclic) bond motifs is 1. The zero-order chi connectivity index (χ0) is 32.8. The van der Waals surface area contributed by atoms with Crippen LogP contribution in [-0.2, 0) is 34.3 Å². The van der Waals surface area contributed by atoms with Gasteiger partial charge in [0.2, 0.25) is 0 Å². The van der Waals surface area contributed by atoms with E-state index in [0.29, 0.717) is 62.2 Å². The number of carbonyl (C=O) groups is 3. The summed E-state index contributed by atoms with van der Waals surface area (Å²) in [6.07, 6.45) is 4.95. The Bertz CT molecular complexity index is 1790. The van der Waals surface area contributed by atoms with Crippen molar-refractivity contribution in [3.63, 3.8) is 0 Å². The number of likely N-dealkylation sites (tertiary alicyclic amines) is 1. The SMILES string of the molecule is C=C1NC=C(c2ccc(CCNC(=O)c3ccc4c(c3O)[C@]35CCN(CCc6ccccc6)[C@H](C4)[C@]3(O)CCC(=O)C5)cc2)C(=O)N1. The monoisotopic (exact) mass is 632 g/mol. The lowest BCUT2D eigenvalue weighted by molar-refractivity contribution is -0.172. The van der Waals surface area contributed by atoms with E-state index in [1.807, 2.05) is 48.5 Å². The number of carbonyl (C=O) groups excluding carboxylic acids is 3. The third-order valence-electron chi connectivity index (χ3n) is 10.7. The van der Waals surface area contributed by atoms with Crippen LogP contribution in [0.1, 0.15) is 63.9 Å². The van der Waals surface area contributed by atoms with Gasteiger partial charge in [0.1, 0.15) is 17.4 Å². The molecule has 0 unspecified atom stereocenters. The Labute approximate surface area is 274 Å². The number of nitrogens with one attached hydrogen (secondary N) is 3. The van der Waals surface area contributed by atoms with Gasteiger partial charge in [-0.15, -0.1) is 0 Å². The van der Waals surface area contributed by atoms with Crippen LogP contribution in [0, 0.1) is 0 Å². The Hall–Kier alpha value is -4.73. The van der Waals surface area contributed by atoms with Crippen LogP contribution < -0.4 is 16.0 Å². The Balaban J connectivity index is 1.08. The fourth-order valence-electron chi connectivity index (χ4n) is 8.32. The van der Waals surface area contributed by atoms with Crippen molar-refractivity contribution in [1.82, 2.24) is 20.9 Å². The summed E-state index contributed by atoms with van der Waals surface area (Å²) in [7, 11) is 0. The summed E-state index contributed by atoms with van der Waals surface area (Å²) in [5.74, 6) is -0.228. The number of phenols is 1. The first kappa shape index (κ1) is 30.9. The highest BCUT2D eigenvalue weighted by Gasteiger charge is 2.65. The van der Waals surface area contributed by atoms with Crippen LogP contribution in [0.15, 0.2) is 85.3 Å². The number of ketones is 1. The minimum atomic E-state index is -1.18. The number of hydrogen-bond donors (Lipinski definition) is 5. The van der Waals surface area contributed by atoms with E-state index >= 15 is 0 Å². The number of hydrogen-bond acceptors (Lipinski definition) is 7. The van der Waals surface area contributed by atoms with Crippen LogP contribution in [0.5, 0.6) is 5.75 Å². The lowest BCUT2D eigenvalue weighted by Crippen LogP contribution is -2.73. The number of aliphatic hydroxyl groups is 1. The normalized spacial score (nSPS) is 25.2. The van der Waals surface area contributed by atoms with Crippen molar-refractivity contribution < 1.29 is 24.6 Å². The number of Topliss-reactive ketones (excluding diaryl/α,β-unsaturated/α-hetero) is 1. The molecular formula is C38H40N4O5. The maximum Gasteiger partial charge on any atom is 0.258 e. The average molecular weight is 633 g/mol. The number of aromatic hydroxyl groups is 1. The number of piperidine rings is 1. The molecule has 9 nitrogen and oxygen atoms in total. The molecule has 7 rings (SSSR count). The smallest absolute Gasteiger partial charge is 0.258 e. The van der Waals surface area contributed by atoms with Gasteiger partial charge in [0, 0.05) is 49.2 Å². The molecule has 5 N–H and O–H groups in total. The van der Waals surface area contributed by atoms with E-state index in [0.717, 1.165) is 29.7 Å². The minimum absolute atomic E-state index is 0.0846. The van der Waals surface area contributed by atoms with Crippen LogP contribution in [0.4, 0.5) is 0 Å². The zero-order valence-corrected chi connectivity index (χ0v) is 26.4. The second kappa shape index (κ2) is 12.1. The largest absolute Gasteiger partial charge is 0.507 e. The summed E-state index contributed by atoms with van der Waals surface area (Å²) >= 11 is 0. The first-order valence-corrected chi connectivity index (χ1v) is 16.4. The van der Waals surface area contributed by atoms with Crippen LogP contribution in [0.3, 0.4) is 0 Å². The van der Waals surface area contributed by atoms with Crippen LogP contribution in [0.2, 0.25) is 0 Å². The van der Waals surface area contributed by atoms with Crippen molar-refractivity contribution in [3.8, 4) is 5.75 Å². The zero-order valence-electron chi connectivity index (χ0n) is 26.4. The van der Waals surface area contributed by atoms with Gasteiger partial charge in [-0.25, -0.2) is 0 Å². The van der Waals surface area contributed by atoms with E-state index in [2.05, 4.69) is 39.6 Å². The molecule has 3 aromatic carbocycles. The number of amides is 2. The summed E-state index contributed by atoms with van der Waals surface area (Å²) in [6.45, 7) is 5.53. The molecule has 9 heteroatoms. The van der Waals surface area contributed by atoms with Gasteiger partial charge in [-0.1, -0.05) is 67.2 Å². The Kier molecular flexibility index (Phi) is 7.98. The van der Waals surface area contributed by atoms with Gasteiger partial charge in [0.25, 0.3) is 11.8 Å². The first-order chi connectivity index (χ1) is 22.7. The first-order valence-electron chi connectivity index (χ1n) is 16.4. The van der Waals surface area contributed by atoms with E-state index in [1.54, 1.807) is 12.3 Å². The molecule has 47 heavy (non-hydrogen) atoms. The van der Waals surface area contributed by atoms with Gasteiger partial charge in [-0.3, -0.25) is 19.3 Å². The topological polar surface area (TPSA) is 131 Å². The van der Waals surface area contributed by atoms with Crippen molar-refractivity contribution in [2.75, 3.05) is 19.6 Å². The maximum absolute atomic E-state index is 13.4. The van der Waals surface area contributed by atoms with Crippen molar-refractivity contribution >= 4 is 23.2 Å². The second-order valence-corrected chi connectivity index (χ2v) is 13.3. The molecule has 1 saturated heterocycles. The highest BCUT2D eigenvalue weighted by Crippen LogP contribution is 2.59. The Morgan fingerprint density at radius 1 is 1.00 bits per heavy atom. The molecule has 242 valence electrons. The minimum Gasteiger partial charge on any atom is -0.507 e. The van der Waals surface area contributed by atoms with Crippen molar-refractivity contribution in [2.24, 2.45) is 0 Å². The van der Waals surface area contributed by atoms with Crippen molar-refractivity contribution in [1.29, 1.82) is 0 Å². The third kappa shape index (κ3) is 5.43. The molecule has 4 aliphatic rings. The molecule has 2 fully saturated rings. The standard InChI is InChI=1S/C38H40N4O5/c1-24-40-23-31(36(46)41-24)27-9-7-26(8-10-27)14-18-39-35(45)30-12-11-28-21-32-38(47)16-13-29(43)22-37(38,33(28)34(30)44)17-20-42(32)19-15-25-5-3-2-4-6-25/h2-12,23,32,40,44,47H,1,13-22H2,(H,39,45)(H,41,46)/t32-,37-,38-/m1/s1. The molecule has 2 aliphatic heterocycles. The molecule has 0 aromatic heterocycles. The number of phenolic OH excluding ortho intramolecular Hbond substituents is 1. The van der Waals surface area contributed by atoms with Crippen LogP contribution >= 0.6 is 0 Å². The Morgan fingerprint density at radius 3 is 2.53 bits per heavy atom. The highest BCUT2D eigenvalue weighted by molar-refractivity contribution is 6.20. The summed E-state index contributed by atoms with van der Waals surface area (Å²) < 4.78 is 0. The summed E-state index contributed by atoms with van der Waals surface area (Å²) in [4.78, 5) is 41.1. The van der Waals surface area contributed by atoms with Crippen LogP contribution in [-0.4, -0.2) is 64.0 Å². The molecule has 3 aromatic rings. The van der Waals surface area contributed by atoms with Gasteiger partial charge in [0.05, 0.1) is 16.7 Å². The van der Waals surface area contributed by atoms with E-state index in [1.165, 1.54) is 5.56 Å². The molecule has 0 radical (unpaired) electrons. The van der Waals surface area contributed by atoms with Crippen molar-refractivity contribution in [2.45, 2.75) is 62.0 Å². The van der Waals surface area contributed by atoms with E-state index < -0.39 is 16.9 Å². The molecule has 0 spiro atoms.